The van der Waals surface area contributed by atoms with Crippen LogP contribution < -0.4 is 0 Å². The number of fused-ring (bicyclic) bond motifs is 7. The summed E-state index contributed by atoms with van der Waals surface area (Å²) < 4.78 is 6.19. The molecule has 4 N–H and O–H groups in total. The molecule has 4 fully saturated rings. The van der Waals surface area contributed by atoms with Crippen molar-refractivity contribution in [3.8, 4) is 0 Å². The molecule has 0 amide bonds. The van der Waals surface area contributed by atoms with E-state index in [2.05, 4.69) is 47.6 Å². The summed E-state index contributed by atoms with van der Waals surface area (Å²) in [7, 11) is 0. The smallest absolute Gasteiger partial charge is 0.333 e. The highest BCUT2D eigenvalue weighted by Crippen LogP contribution is 2.75. The second-order valence-corrected chi connectivity index (χ2v) is 16.5. The van der Waals surface area contributed by atoms with Gasteiger partial charge in [0.05, 0.1) is 30.8 Å². The third-order valence-electron chi connectivity index (χ3n) is 14.3. The van der Waals surface area contributed by atoms with Crippen LogP contribution in [0.3, 0.4) is 0 Å². The number of carbonyl (C=O) groups excluding carboxylic acids is 1. The predicted octanol–water partition coefficient (Wildman–Crippen LogP) is 5.57. The molecule has 4 saturated carbocycles. The zero-order valence-corrected chi connectivity index (χ0v) is 26.8. The second-order valence-electron chi connectivity index (χ2n) is 16.5. The van der Waals surface area contributed by atoms with Crippen LogP contribution in [-0.4, -0.2) is 57.9 Å². The van der Waals surface area contributed by atoms with Gasteiger partial charge in [0.15, 0.2) is 0 Å². The summed E-state index contributed by atoms with van der Waals surface area (Å²) in [5.74, 6) is 0.132. The van der Waals surface area contributed by atoms with E-state index in [9.17, 15) is 25.2 Å². The van der Waals surface area contributed by atoms with E-state index in [1.807, 2.05) is 6.92 Å². The van der Waals surface area contributed by atoms with E-state index >= 15 is 0 Å². The van der Waals surface area contributed by atoms with Crippen LogP contribution in [0, 0.1) is 50.2 Å². The fraction of sp³-hybridized carbons (Fsp3) is 0.857. The molecule has 0 saturated heterocycles. The lowest BCUT2D eigenvalue weighted by Gasteiger charge is -2.72. The molecule has 0 bridgehead atoms. The quantitative estimate of drug-likeness (QED) is 0.199. The summed E-state index contributed by atoms with van der Waals surface area (Å²) in [6.45, 7) is 17.1. The molecule has 0 spiro atoms. The van der Waals surface area contributed by atoms with Gasteiger partial charge in [0.25, 0.3) is 0 Å². The summed E-state index contributed by atoms with van der Waals surface area (Å²) in [6.07, 6.45) is 8.77. The minimum Gasteiger partial charge on any atom is -0.458 e. The molecule has 0 unspecified atom stereocenters. The first-order chi connectivity index (χ1) is 19.0. The highest BCUT2D eigenvalue weighted by atomic mass is 16.5. The molecule has 11 atom stereocenters. The van der Waals surface area contributed by atoms with Crippen molar-refractivity contribution in [1.29, 1.82) is 0 Å². The Balaban J connectivity index is 1.60. The van der Waals surface area contributed by atoms with Gasteiger partial charge in [0.1, 0.15) is 6.10 Å². The molecular weight excluding hydrogens is 516 g/mol. The normalized spacial score (nSPS) is 50.9. The maximum absolute atomic E-state index is 13.0. The maximum Gasteiger partial charge on any atom is 0.333 e. The van der Waals surface area contributed by atoms with Crippen molar-refractivity contribution in [3.63, 3.8) is 0 Å². The third-order valence-corrected chi connectivity index (χ3v) is 14.3. The molecule has 0 heterocycles. The molecule has 5 aliphatic rings. The molecule has 6 nitrogen and oxygen atoms in total. The molecule has 5 rings (SSSR count). The highest BCUT2D eigenvalue weighted by Gasteiger charge is 2.71. The number of rotatable bonds is 4. The number of aliphatic hydroxyl groups excluding tert-OH is 4. The summed E-state index contributed by atoms with van der Waals surface area (Å²) in [4.78, 5) is 13.0. The number of hydrogen-bond donors (Lipinski definition) is 4. The fourth-order valence-electron chi connectivity index (χ4n) is 11.4. The molecule has 232 valence electrons. The number of aliphatic hydroxyl groups is 4. The highest BCUT2D eigenvalue weighted by molar-refractivity contribution is 5.87. The van der Waals surface area contributed by atoms with E-state index in [0.717, 1.165) is 32.1 Å². The number of allylic oxidation sites excluding steroid dienone is 3. The topological polar surface area (TPSA) is 107 Å². The van der Waals surface area contributed by atoms with Crippen LogP contribution in [0.25, 0.3) is 0 Å². The summed E-state index contributed by atoms with van der Waals surface area (Å²) in [5.41, 5.74) is -0.0716. The van der Waals surface area contributed by atoms with Gasteiger partial charge in [-0.25, -0.2) is 4.79 Å². The van der Waals surface area contributed by atoms with Crippen molar-refractivity contribution in [2.75, 3.05) is 13.2 Å². The van der Waals surface area contributed by atoms with Gasteiger partial charge in [-0.15, -0.1) is 0 Å². The molecular formula is C35H56O6. The minimum atomic E-state index is -0.931. The van der Waals surface area contributed by atoms with Crippen LogP contribution in [0.5, 0.6) is 0 Å². The molecule has 0 aliphatic heterocycles. The number of esters is 1. The number of carbonyl (C=O) groups is 1. The summed E-state index contributed by atoms with van der Waals surface area (Å²) in [6, 6.07) is 0. The van der Waals surface area contributed by atoms with Gasteiger partial charge < -0.3 is 25.2 Å². The Bertz CT molecular complexity index is 1130. The Hall–Kier alpha value is -1.21. The van der Waals surface area contributed by atoms with Crippen molar-refractivity contribution in [2.24, 2.45) is 50.2 Å². The monoisotopic (exact) mass is 572 g/mol. The largest absolute Gasteiger partial charge is 0.458 e. The average molecular weight is 573 g/mol. The third kappa shape index (κ3) is 4.05. The van der Waals surface area contributed by atoms with E-state index in [-0.39, 0.29) is 52.7 Å². The van der Waals surface area contributed by atoms with Crippen molar-refractivity contribution in [1.82, 2.24) is 0 Å². The van der Waals surface area contributed by atoms with E-state index in [4.69, 9.17) is 4.74 Å². The minimum absolute atomic E-state index is 0.00208. The number of ether oxygens (including phenoxy) is 1. The van der Waals surface area contributed by atoms with Crippen molar-refractivity contribution in [3.05, 3.63) is 23.3 Å². The van der Waals surface area contributed by atoms with Crippen LogP contribution >= 0.6 is 0 Å². The SMILES string of the molecule is C/C=C(/C)C(=O)O[C@H]1CC(C)(C)C[C@H]2C3=CC[C@@H]4[C@@]5(C)CC[C@H](O)[C@@](C)(CO)[C@@H]5CC[C@@]4(C)[C@]3(C)C[C@@H](O)[C@@]12CO. The average Bonchev–Trinajstić information content (AvgIpc) is 2.90. The van der Waals surface area contributed by atoms with Crippen molar-refractivity contribution < 1.29 is 30.0 Å². The lowest BCUT2D eigenvalue weighted by Crippen LogP contribution is -2.69. The van der Waals surface area contributed by atoms with E-state index in [1.54, 1.807) is 13.0 Å². The first-order valence-electron chi connectivity index (χ1n) is 16.1. The molecule has 0 aromatic carbocycles. The molecule has 5 aliphatic carbocycles. The Morgan fingerprint density at radius 1 is 0.951 bits per heavy atom. The van der Waals surface area contributed by atoms with Gasteiger partial charge in [0, 0.05) is 11.0 Å². The van der Waals surface area contributed by atoms with E-state index in [0.29, 0.717) is 30.8 Å². The Morgan fingerprint density at radius 2 is 1.63 bits per heavy atom. The van der Waals surface area contributed by atoms with Crippen LogP contribution in [-0.2, 0) is 9.53 Å². The Labute approximate surface area is 247 Å². The zero-order chi connectivity index (χ0) is 30.4. The van der Waals surface area contributed by atoms with E-state index < -0.39 is 29.1 Å². The molecule has 0 aromatic heterocycles. The van der Waals surface area contributed by atoms with Gasteiger partial charge in [0.2, 0.25) is 0 Å². The zero-order valence-electron chi connectivity index (χ0n) is 26.8. The first kappa shape index (κ1) is 31.2. The number of hydrogen-bond acceptors (Lipinski definition) is 6. The summed E-state index contributed by atoms with van der Waals surface area (Å²) in [5, 5.41) is 44.9. The molecule has 41 heavy (non-hydrogen) atoms. The van der Waals surface area contributed by atoms with Crippen LogP contribution in [0.15, 0.2) is 23.3 Å². The second kappa shape index (κ2) is 9.90. The standard InChI is InChI=1S/C35H56O6/c1-9-21(2)29(40)41-28-18-30(3,4)16-23-22-10-11-25-31(5)14-13-26(38)32(6,19-36)24(31)12-15-33(25,7)34(22,8)17-27(39)35(23,28)20-37/h9-10,23-28,36-39H,11-20H2,1-8H3/b21-9-/t23-,24+,25+,26-,27+,28-,31-,32-,33+,34+,35-/m0/s1. The lowest BCUT2D eigenvalue weighted by molar-refractivity contribution is -0.243. The van der Waals surface area contributed by atoms with Crippen LogP contribution in [0.2, 0.25) is 0 Å². The van der Waals surface area contributed by atoms with Gasteiger partial charge in [-0.05, 0) is 105 Å². The Morgan fingerprint density at radius 3 is 2.24 bits per heavy atom. The van der Waals surface area contributed by atoms with Crippen LogP contribution in [0.1, 0.15) is 107 Å². The maximum atomic E-state index is 13.0. The fourth-order valence-corrected chi connectivity index (χ4v) is 11.4. The first-order valence-corrected chi connectivity index (χ1v) is 16.1. The summed E-state index contributed by atoms with van der Waals surface area (Å²) >= 11 is 0. The molecule has 0 radical (unpaired) electrons. The lowest BCUT2D eigenvalue weighted by atomic mass is 9.33. The van der Waals surface area contributed by atoms with Gasteiger partial charge in [-0.1, -0.05) is 59.3 Å². The van der Waals surface area contributed by atoms with Crippen molar-refractivity contribution >= 4 is 5.97 Å². The van der Waals surface area contributed by atoms with Gasteiger partial charge in [-0.3, -0.25) is 0 Å². The van der Waals surface area contributed by atoms with Gasteiger partial charge >= 0.3 is 5.97 Å². The van der Waals surface area contributed by atoms with Crippen molar-refractivity contribution in [2.45, 2.75) is 125 Å². The Kier molecular flexibility index (Phi) is 7.54. The van der Waals surface area contributed by atoms with Gasteiger partial charge in [-0.2, -0.15) is 0 Å². The predicted molar refractivity (Wildman–Crippen MR) is 160 cm³/mol. The van der Waals surface area contributed by atoms with E-state index in [1.165, 1.54) is 5.57 Å². The van der Waals surface area contributed by atoms with Crippen LogP contribution in [0.4, 0.5) is 0 Å². The molecule has 6 heteroatoms. The molecule has 0 aromatic rings.